The van der Waals surface area contributed by atoms with Gasteiger partial charge in [0.05, 0.1) is 11.4 Å². The summed E-state index contributed by atoms with van der Waals surface area (Å²) in [6, 6.07) is 8.90. The molecule has 0 unspecified atom stereocenters. The Kier molecular flexibility index (Phi) is 1.21. The molecule has 2 nitrogen and oxygen atoms in total. The Labute approximate surface area is 77.2 Å². The highest BCUT2D eigenvalue weighted by Crippen LogP contribution is 2.34. The molecule has 1 fully saturated rings. The zero-order chi connectivity index (χ0) is 8.84. The summed E-state index contributed by atoms with van der Waals surface area (Å²) < 4.78 is 2.06. The van der Waals surface area contributed by atoms with Crippen molar-refractivity contribution in [3.63, 3.8) is 0 Å². The van der Waals surface area contributed by atoms with Crippen molar-refractivity contribution >= 4 is 10.9 Å². The van der Waals surface area contributed by atoms with Crippen LogP contribution in [-0.4, -0.2) is 9.78 Å². The molecule has 1 aromatic carbocycles. The van der Waals surface area contributed by atoms with Crippen LogP contribution < -0.4 is 0 Å². The van der Waals surface area contributed by atoms with E-state index in [1.165, 1.54) is 12.8 Å². The van der Waals surface area contributed by atoms with Gasteiger partial charge in [0.2, 0.25) is 0 Å². The molecule has 1 heterocycles. The van der Waals surface area contributed by atoms with Crippen molar-refractivity contribution in [2.45, 2.75) is 25.8 Å². The Hall–Kier alpha value is -1.49. The minimum absolute atomic E-state index is 0.654. The van der Waals surface area contributed by atoms with Crippen LogP contribution in [0.15, 0.2) is 12.3 Å². The lowest BCUT2D eigenvalue weighted by atomic mass is 10.2. The molecule has 2 aromatic rings. The molecule has 0 radical (unpaired) electrons. The molecule has 0 aliphatic heterocycles. The molecular weight excluding hydrogens is 160 g/mol. The summed E-state index contributed by atoms with van der Waals surface area (Å²) in [6.45, 7) is 2.02. The van der Waals surface area contributed by atoms with E-state index in [0.29, 0.717) is 6.04 Å². The van der Waals surface area contributed by atoms with Gasteiger partial charge in [-0.2, -0.15) is 5.10 Å². The molecule has 0 bridgehead atoms. The zero-order valence-electron chi connectivity index (χ0n) is 7.54. The zero-order valence-corrected chi connectivity index (χ0v) is 7.54. The van der Waals surface area contributed by atoms with Crippen LogP contribution in [0.3, 0.4) is 0 Å². The first-order chi connectivity index (χ1) is 6.33. The van der Waals surface area contributed by atoms with Crippen molar-refractivity contribution in [1.82, 2.24) is 9.78 Å². The Morgan fingerprint density at radius 3 is 3.08 bits per heavy atom. The van der Waals surface area contributed by atoms with E-state index in [4.69, 9.17) is 0 Å². The fraction of sp³-hybridized carbons (Fsp3) is 0.364. The highest BCUT2D eigenvalue weighted by atomic mass is 15.3. The van der Waals surface area contributed by atoms with E-state index in [1.54, 1.807) is 0 Å². The summed E-state index contributed by atoms with van der Waals surface area (Å²) in [7, 11) is 0. The van der Waals surface area contributed by atoms with Crippen molar-refractivity contribution in [1.29, 1.82) is 0 Å². The molecule has 0 atom stereocenters. The van der Waals surface area contributed by atoms with Gasteiger partial charge in [-0.15, -0.1) is 0 Å². The second-order valence-corrected chi connectivity index (χ2v) is 3.72. The first kappa shape index (κ1) is 6.97. The van der Waals surface area contributed by atoms with Gasteiger partial charge in [-0.25, -0.2) is 0 Å². The molecule has 64 valence electrons. The Morgan fingerprint density at radius 1 is 1.46 bits per heavy atom. The molecule has 0 amide bonds. The monoisotopic (exact) mass is 170 g/mol. The van der Waals surface area contributed by atoms with Crippen molar-refractivity contribution < 1.29 is 0 Å². The summed E-state index contributed by atoms with van der Waals surface area (Å²) in [4.78, 5) is 0. The quantitative estimate of drug-likeness (QED) is 0.642. The Morgan fingerprint density at radius 2 is 2.31 bits per heavy atom. The van der Waals surface area contributed by atoms with Crippen LogP contribution in [-0.2, 0) is 0 Å². The van der Waals surface area contributed by atoms with Gasteiger partial charge in [0, 0.05) is 11.8 Å². The maximum absolute atomic E-state index is 4.50. The molecule has 0 N–H and O–H groups in total. The Bertz CT molecular complexity index is 452. The fourth-order valence-corrected chi connectivity index (χ4v) is 1.54. The van der Waals surface area contributed by atoms with E-state index in [1.807, 2.05) is 6.92 Å². The summed E-state index contributed by atoms with van der Waals surface area (Å²) >= 11 is 0. The van der Waals surface area contributed by atoms with Gasteiger partial charge < -0.3 is 0 Å². The minimum atomic E-state index is 0.654. The number of hydrogen-bond donors (Lipinski definition) is 0. The van der Waals surface area contributed by atoms with Gasteiger partial charge in [0.15, 0.2) is 0 Å². The van der Waals surface area contributed by atoms with E-state index in [9.17, 15) is 0 Å². The molecular formula is C11H10N2. The van der Waals surface area contributed by atoms with Crippen molar-refractivity contribution in [2.75, 3.05) is 0 Å². The molecule has 3 rings (SSSR count). The molecule has 1 aliphatic carbocycles. The number of fused-ring (bicyclic) bond motifs is 1. The number of nitrogens with zero attached hydrogens (tertiary/aromatic N) is 2. The summed E-state index contributed by atoms with van der Waals surface area (Å²) in [6.07, 6.45) is 4.62. The lowest BCUT2D eigenvalue weighted by Gasteiger charge is -1.91. The summed E-state index contributed by atoms with van der Waals surface area (Å²) in [5, 5.41) is 5.58. The standard InChI is InChI=1S/C11H10N2/c1-8-2-3-9-7-13(10-4-5-10)12-11(9)6-8/h6-7,10H,4-5H2,1H3. The number of rotatable bonds is 1. The highest BCUT2D eigenvalue weighted by Gasteiger charge is 2.24. The average Bonchev–Trinajstić information content (AvgIpc) is 2.87. The van der Waals surface area contributed by atoms with Gasteiger partial charge in [-0.1, -0.05) is 12.1 Å². The molecule has 1 aliphatic rings. The second kappa shape index (κ2) is 2.26. The Balaban J connectivity index is 2.20. The number of aryl methyl sites for hydroxylation is 1. The van der Waals surface area contributed by atoms with Crippen LogP contribution in [0.1, 0.15) is 24.4 Å². The molecule has 0 saturated heterocycles. The maximum Gasteiger partial charge on any atom is 0.102 e. The third kappa shape index (κ3) is 1.08. The average molecular weight is 170 g/mol. The highest BCUT2D eigenvalue weighted by molar-refractivity contribution is 5.76. The van der Waals surface area contributed by atoms with E-state index < -0.39 is 0 Å². The predicted octanol–water partition coefficient (Wildman–Crippen LogP) is 2.28. The van der Waals surface area contributed by atoms with Gasteiger partial charge in [-0.3, -0.25) is 4.68 Å². The summed E-state index contributed by atoms with van der Waals surface area (Å²) in [5.41, 5.74) is 2.15. The summed E-state index contributed by atoms with van der Waals surface area (Å²) in [5.74, 6) is 0. The maximum atomic E-state index is 4.50. The SMILES string of the molecule is Cc1c#cc2cn(C3CC3)nc2c1. The topological polar surface area (TPSA) is 17.8 Å². The van der Waals surface area contributed by atoms with Crippen LogP contribution in [0.2, 0.25) is 0 Å². The fourth-order valence-electron chi connectivity index (χ4n) is 1.54. The predicted molar refractivity (Wildman–Crippen MR) is 50.4 cm³/mol. The van der Waals surface area contributed by atoms with Crippen LogP contribution in [0.4, 0.5) is 0 Å². The normalized spacial score (nSPS) is 16.1. The van der Waals surface area contributed by atoms with E-state index in [2.05, 4.69) is 34.2 Å². The molecule has 2 heteroatoms. The van der Waals surface area contributed by atoms with Gasteiger partial charge in [0.1, 0.15) is 5.52 Å². The van der Waals surface area contributed by atoms with Gasteiger partial charge >= 0.3 is 0 Å². The van der Waals surface area contributed by atoms with E-state index in [-0.39, 0.29) is 0 Å². The van der Waals surface area contributed by atoms with Crippen LogP contribution in [0.25, 0.3) is 10.9 Å². The lowest BCUT2D eigenvalue weighted by molar-refractivity contribution is 0.649. The third-order valence-electron chi connectivity index (χ3n) is 2.43. The number of aromatic nitrogens is 2. The largest absolute Gasteiger partial charge is 0.268 e. The van der Waals surface area contributed by atoms with Crippen LogP contribution in [0, 0.1) is 19.1 Å². The van der Waals surface area contributed by atoms with Crippen molar-refractivity contribution in [3.05, 3.63) is 30.0 Å². The van der Waals surface area contributed by atoms with E-state index >= 15 is 0 Å². The second-order valence-electron chi connectivity index (χ2n) is 3.72. The third-order valence-corrected chi connectivity index (χ3v) is 2.43. The van der Waals surface area contributed by atoms with Crippen molar-refractivity contribution in [2.24, 2.45) is 0 Å². The smallest absolute Gasteiger partial charge is 0.102 e. The molecule has 1 saturated carbocycles. The molecule has 0 spiro atoms. The van der Waals surface area contributed by atoms with Gasteiger partial charge in [0.25, 0.3) is 0 Å². The van der Waals surface area contributed by atoms with Gasteiger partial charge in [-0.05, 0) is 25.8 Å². The van der Waals surface area contributed by atoms with E-state index in [0.717, 1.165) is 16.5 Å². The number of hydrogen-bond acceptors (Lipinski definition) is 1. The molecule has 13 heavy (non-hydrogen) atoms. The lowest BCUT2D eigenvalue weighted by Crippen LogP contribution is -1.92. The minimum Gasteiger partial charge on any atom is -0.268 e. The first-order valence-corrected chi connectivity index (χ1v) is 4.62. The van der Waals surface area contributed by atoms with Crippen LogP contribution in [0.5, 0.6) is 0 Å². The van der Waals surface area contributed by atoms with Crippen LogP contribution >= 0.6 is 0 Å². The molecule has 1 aromatic heterocycles. The first-order valence-electron chi connectivity index (χ1n) is 4.62. The van der Waals surface area contributed by atoms with Crippen molar-refractivity contribution in [3.8, 4) is 0 Å².